The molecule has 114 valence electrons. The van der Waals surface area contributed by atoms with E-state index in [0.717, 1.165) is 31.2 Å². The Kier molecular flexibility index (Phi) is 5.60. The van der Waals surface area contributed by atoms with Crippen LogP contribution in [0.1, 0.15) is 37.7 Å². The number of hydrogen-bond donors (Lipinski definition) is 2. The molecular formula is C16H21NO4. The molecule has 1 aliphatic rings. The zero-order chi connectivity index (χ0) is 15.1. The Morgan fingerprint density at radius 1 is 1.19 bits per heavy atom. The minimum atomic E-state index is -0.814. The molecule has 0 heterocycles. The van der Waals surface area contributed by atoms with Crippen LogP contribution in [0.3, 0.4) is 0 Å². The number of rotatable bonds is 5. The summed E-state index contributed by atoms with van der Waals surface area (Å²) in [7, 11) is 0. The van der Waals surface area contributed by atoms with Gasteiger partial charge in [-0.2, -0.15) is 0 Å². The van der Waals surface area contributed by atoms with Gasteiger partial charge in [-0.15, -0.1) is 0 Å². The van der Waals surface area contributed by atoms with Gasteiger partial charge in [0.2, 0.25) is 0 Å². The Bertz CT molecular complexity index is 474. The zero-order valence-electron chi connectivity index (χ0n) is 12.0. The molecule has 2 rings (SSSR count). The maximum Gasteiger partial charge on any atom is 0.407 e. The van der Waals surface area contributed by atoms with Crippen molar-refractivity contribution >= 4 is 12.1 Å². The summed E-state index contributed by atoms with van der Waals surface area (Å²) in [6.07, 6.45) is 3.33. The van der Waals surface area contributed by atoms with Gasteiger partial charge in [0.1, 0.15) is 6.61 Å². The summed E-state index contributed by atoms with van der Waals surface area (Å²) in [6, 6.07) is 9.36. The number of carbonyl (C=O) groups excluding carboxylic acids is 1. The highest BCUT2D eigenvalue weighted by Crippen LogP contribution is 2.27. The summed E-state index contributed by atoms with van der Waals surface area (Å²) >= 11 is 0. The van der Waals surface area contributed by atoms with Crippen molar-refractivity contribution in [3.05, 3.63) is 35.9 Å². The SMILES string of the molecule is O=C(O)CC1CCCCC1NC(=O)OCc1ccccc1. The normalized spacial score (nSPS) is 21.5. The molecule has 1 saturated carbocycles. The molecule has 5 nitrogen and oxygen atoms in total. The number of carboxylic acid groups (broad SMARTS) is 1. The van der Waals surface area contributed by atoms with Gasteiger partial charge in [-0.1, -0.05) is 43.2 Å². The van der Waals surface area contributed by atoms with E-state index < -0.39 is 12.1 Å². The molecule has 1 aliphatic carbocycles. The maximum atomic E-state index is 11.8. The van der Waals surface area contributed by atoms with Gasteiger partial charge in [0, 0.05) is 6.04 Å². The zero-order valence-corrected chi connectivity index (χ0v) is 12.0. The first-order valence-corrected chi connectivity index (χ1v) is 7.34. The second kappa shape index (κ2) is 7.67. The topological polar surface area (TPSA) is 75.6 Å². The summed E-state index contributed by atoms with van der Waals surface area (Å²) in [5.74, 6) is -0.813. The van der Waals surface area contributed by atoms with E-state index in [2.05, 4.69) is 5.32 Å². The third kappa shape index (κ3) is 5.10. The molecule has 1 amide bonds. The molecule has 0 aromatic heterocycles. The van der Waals surface area contributed by atoms with E-state index in [1.54, 1.807) is 0 Å². The van der Waals surface area contributed by atoms with Crippen molar-refractivity contribution in [2.45, 2.75) is 44.8 Å². The van der Waals surface area contributed by atoms with Crippen molar-refractivity contribution in [2.24, 2.45) is 5.92 Å². The van der Waals surface area contributed by atoms with Crippen molar-refractivity contribution in [3.63, 3.8) is 0 Å². The van der Waals surface area contributed by atoms with E-state index in [4.69, 9.17) is 9.84 Å². The molecule has 0 bridgehead atoms. The molecule has 1 fully saturated rings. The van der Waals surface area contributed by atoms with Crippen LogP contribution in [0, 0.1) is 5.92 Å². The standard InChI is InChI=1S/C16H21NO4/c18-15(19)10-13-8-4-5-9-14(13)17-16(20)21-11-12-6-2-1-3-7-12/h1-3,6-7,13-14H,4-5,8-11H2,(H,17,20)(H,18,19). The van der Waals surface area contributed by atoms with Crippen LogP contribution in [0.25, 0.3) is 0 Å². The lowest BCUT2D eigenvalue weighted by molar-refractivity contribution is -0.138. The van der Waals surface area contributed by atoms with Crippen molar-refractivity contribution in [1.29, 1.82) is 0 Å². The van der Waals surface area contributed by atoms with E-state index in [-0.39, 0.29) is 25.0 Å². The average Bonchev–Trinajstić information content (AvgIpc) is 2.48. The molecule has 2 atom stereocenters. The molecule has 0 aliphatic heterocycles. The van der Waals surface area contributed by atoms with Gasteiger partial charge in [-0.05, 0) is 24.3 Å². The van der Waals surface area contributed by atoms with Crippen LogP contribution in [-0.4, -0.2) is 23.2 Å². The molecule has 0 radical (unpaired) electrons. The fourth-order valence-electron chi connectivity index (χ4n) is 2.78. The fraction of sp³-hybridized carbons (Fsp3) is 0.500. The molecular weight excluding hydrogens is 270 g/mol. The molecule has 0 saturated heterocycles. The van der Waals surface area contributed by atoms with Gasteiger partial charge in [-0.3, -0.25) is 4.79 Å². The number of ether oxygens (including phenoxy) is 1. The Hall–Kier alpha value is -2.04. The third-order valence-electron chi connectivity index (χ3n) is 3.86. The van der Waals surface area contributed by atoms with Crippen LogP contribution in [0.5, 0.6) is 0 Å². The number of alkyl carbamates (subject to hydrolysis) is 1. The Morgan fingerprint density at radius 3 is 2.62 bits per heavy atom. The number of amides is 1. The second-order valence-electron chi connectivity index (χ2n) is 5.45. The first kappa shape index (κ1) is 15.4. The van der Waals surface area contributed by atoms with Crippen molar-refractivity contribution < 1.29 is 19.4 Å². The van der Waals surface area contributed by atoms with Crippen molar-refractivity contribution in [2.75, 3.05) is 0 Å². The van der Waals surface area contributed by atoms with Gasteiger partial charge in [0.15, 0.2) is 0 Å². The van der Waals surface area contributed by atoms with Crippen LogP contribution >= 0.6 is 0 Å². The van der Waals surface area contributed by atoms with E-state index in [9.17, 15) is 9.59 Å². The summed E-state index contributed by atoms with van der Waals surface area (Å²) in [5.41, 5.74) is 0.929. The van der Waals surface area contributed by atoms with Crippen LogP contribution in [0.15, 0.2) is 30.3 Å². The van der Waals surface area contributed by atoms with Crippen molar-refractivity contribution in [1.82, 2.24) is 5.32 Å². The van der Waals surface area contributed by atoms with E-state index in [0.29, 0.717) is 0 Å². The lowest BCUT2D eigenvalue weighted by Gasteiger charge is -2.30. The highest BCUT2D eigenvalue weighted by molar-refractivity contribution is 5.69. The third-order valence-corrected chi connectivity index (χ3v) is 3.86. The number of hydrogen-bond acceptors (Lipinski definition) is 3. The molecule has 5 heteroatoms. The predicted octanol–water partition coefficient (Wildman–Crippen LogP) is 2.95. The number of aliphatic carboxylic acids is 1. The lowest BCUT2D eigenvalue weighted by Crippen LogP contribution is -2.43. The quantitative estimate of drug-likeness (QED) is 0.874. The molecule has 2 N–H and O–H groups in total. The summed E-state index contributed by atoms with van der Waals surface area (Å²) in [4.78, 5) is 22.7. The lowest BCUT2D eigenvalue weighted by atomic mass is 9.82. The van der Waals surface area contributed by atoms with Gasteiger partial charge < -0.3 is 15.2 Å². The Balaban J connectivity index is 1.81. The molecule has 0 spiro atoms. The molecule has 2 unspecified atom stereocenters. The van der Waals surface area contributed by atoms with Gasteiger partial charge in [-0.25, -0.2) is 4.79 Å². The van der Waals surface area contributed by atoms with Crippen LogP contribution < -0.4 is 5.32 Å². The largest absolute Gasteiger partial charge is 0.481 e. The Labute approximate surface area is 124 Å². The van der Waals surface area contributed by atoms with Gasteiger partial charge in [0.05, 0.1) is 6.42 Å². The minimum absolute atomic E-state index is 0.000486. The monoisotopic (exact) mass is 291 g/mol. The number of benzene rings is 1. The fourth-order valence-corrected chi connectivity index (χ4v) is 2.78. The van der Waals surface area contributed by atoms with Crippen molar-refractivity contribution in [3.8, 4) is 0 Å². The smallest absolute Gasteiger partial charge is 0.407 e. The van der Waals surface area contributed by atoms with Gasteiger partial charge in [0.25, 0.3) is 0 Å². The number of carboxylic acids is 1. The average molecular weight is 291 g/mol. The highest BCUT2D eigenvalue weighted by atomic mass is 16.5. The van der Waals surface area contributed by atoms with E-state index in [1.807, 2.05) is 30.3 Å². The molecule has 21 heavy (non-hydrogen) atoms. The van der Waals surface area contributed by atoms with Crippen LogP contribution in [0.2, 0.25) is 0 Å². The van der Waals surface area contributed by atoms with Gasteiger partial charge >= 0.3 is 12.1 Å². The Morgan fingerprint density at radius 2 is 1.90 bits per heavy atom. The number of carbonyl (C=O) groups is 2. The minimum Gasteiger partial charge on any atom is -0.481 e. The van der Waals surface area contributed by atoms with Crippen LogP contribution in [0.4, 0.5) is 4.79 Å². The molecule has 1 aromatic carbocycles. The molecule has 1 aromatic rings. The first-order chi connectivity index (χ1) is 10.1. The summed E-state index contributed by atoms with van der Waals surface area (Å²) in [6.45, 7) is 0.225. The number of nitrogens with one attached hydrogen (secondary N) is 1. The first-order valence-electron chi connectivity index (χ1n) is 7.34. The summed E-state index contributed by atoms with van der Waals surface area (Å²) < 4.78 is 5.19. The van der Waals surface area contributed by atoms with Crippen LogP contribution in [-0.2, 0) is 16.1 Å². The van der Waals surface area contributed by atoms with E-state index in [1.165, 1.54) is 0 Å². The summed E-state index contributed by atoms with van der Waals surface area (Å²) in [5, 5.41) is 11.7. The van der Waals surface area contributed by atoms with E-state index >= 15 is 0 Å². The maximum absolute atomic E-state index is 11.8. The second-order valence-corrected chi connectivity index (χ2v) is 5.45. The highest BCUT2D eigenvalue weighted by Gasteiger charge is 2.28. The predicted molar refractivity (Wildman–Crippen MR) is 77.8 cm³/mol.